The smallest absolute Gasteiger partial charge is 0.195 e. The Morgan fingerprint density at radius 3 is 2.68 bits per heavy atom. The largest absolute Gasteiger partial charge is 0.485 e. The molecule has 116 valence electrons. The summed E-state index contributed by atoms with van der Waals surface area (Å²) in [5.74, 6) is 0.536. The molecular weight excluding hydrogens is 327 g/mol. The molecule has 6 nitrogen and oxygen atoms in total. The van der Waals surface area contributed by atoms with E-state index in [9.17, 15) is 4.79 Å². The van der Waals surface area contributed by atoms with Gasteiger partial charge in [-0.2, -0.15) is 0 Å². The molecule has 2 aromatic rings. The zero-order valence-electron chi connectivity index (χ0n) is 12.1. The van der Waals surface area contributed by atoms with Crippen LogP contribution in [-0.2, 0) is 13.7 Å². The summed E-state index contributed by atoms with van der Waals surface area (Å²) in [6.07, 6.45) is 0. The first kappa shape index (κ1) is 16.5. The second-order valence-corrected chi connectivity index (χ2v) is 6.40. The molecule has 0 saturated carbocycles. The summed E-state index contributed by atoms with van der Waals surface area (Å²) in [7, 11) is 1.70. The molecule has 0 bridgehead atoms. The van der Waals surface area contributed by atoms with Gasteiger partial charge in [0.25, 0.3) is 0 Å². The van der Waals surface area contributed by atoms with E-state index in [0.29, 0.717) is 17.1 Å². The fourth-order valence-electron chi connectivity index (χ4n) is 1.65. The highest BCUT2D eigenvalue weighted by molar-refractivity contribution is 6.52. The first-order valence-electron chi connectivity index (χ1n) is 6.35. The zero-order valence-corrected chi connectivity index (χ0v) is 13.6. The van der Waals surface area contributed by atoms with Gasteiger partial charge in [-0.15, -0.1) is 5.10 Å². The number of tetrazole rings is 1. The monoisotopic (exact) mass is 340 g/mol. The zero-order chi connectivity index (χ0) is 16.3. The van der Waals surface area contributed by atoms with Gasteiger partial charge in [-0.25, -0.2) is 4.68 Å². The van der Waals surface area contributed by atoms with Crippen LogP contribution in [0.4, 0.5) is 0 Å². The van der Waals surface area contributed by atoms with Gasteiger partial charge in [0.05, 0.1) is 5.56 Å². The Morgan fingerprint density at radius 2 is 2.09 bits per heavy atom. The number of benzene rings is 1. The van der Waals surface area contributed by atoms with E-state index in [1.54, 1.807) is 31.3 Å². The fraction of sp³-hybridized carbons (Fsp3) is 0.286. The molecular formula is C14H14Cl2N4O2. The molecule has 0 fully saturated rings. The van der Waals surface area contributed by atoms with Crippen molar-refractivity contribution in [3.8, 4) is 5.75 Å². The summed E-state index contributed by atoms with van der Waals surface area (Å²) < 4.78 is 5.77. The Hall–Kier alpha value is -1.92. The molecule has 0 aliphatic heterocycles. The van der Waals surface area contributed by atoms with Crippen LogP contribution in [0.1, 0.15) is 23.1 Å². The van der Waals surface area contributed by atoms with Crippen LogP contribution in [0.5, 0.6) is 5.75 Å². The van der Waals surface area contributed by atoms with E-state index in [4.69, 9.17) is 27.9 Å². The van der Waals surface area contributed by atoms with Gasteiger partial charge in [0.1, 0.15) is 16.7 Å². The molecule has 0 atom stereocenters. The van der Waals surface area contributed by atoms with Gasteiger partial charge in [0.2, 0.25) is 0 Å². The van der Waals surface area contributed by atoms with Crippen LogP contribution >= 0.6 is 23.2 Å². The highest BCUT2D eigenvalue weighted by atomic mass is 35.5. The topological polar surface area (TPSA) is 69.9 Å². The van der Waals surface area contributed by atoms with Crippen molar-refractivity contribution >= 4 is 29.0 Å². The summed E-state index contributed by atoms with van der Waals surface area (Å²) in [5, 5.41) is 11.0. The number of alkyl halides is 2. The van der Waals surface area contributed by atoms with E-state index in [1.807, 2.05) is 0 Å². The SMILES string of the molecule is C=C(C(=O)c1ccccc1OCc1nnnn1C)C(C)(Cl)Cl. The van der Waals surface area contributed by atoms with E-state index in [-0.39, 0.29) is 18.0 Å². The number of carbonyl (C=O) groups excluding carboxylic acids is 1. The molecule has 22 heavy (non-hydrogen) atoms. The molecule has 1 heterocycles. The maximum absolute atomic E-state index is 12.4. The number of aromatic nitrogens is 4. The van der Waals surface area contributed by atoms with Crippen LogP contribution in [0, 0.1) is 0 Å². The number of hydrogen-bond acceptors (Lipinski definition) is 5. The van der Waals surface area contributed by atoms with Gasteiger partial charge >= 0.3 is 0 Å². The van der Waals surface area contributed by atoms with E-state index in [2.05, 4.69) is 22.1 Å². The molecule has 8 heteroatoms. The fourth-order valence-corrected chi connectivity index (χ4v) is 1.83. The molecule has 2 rings (SSSR count). The summed E-state index contributed by atoms with van der Waals surface area (Å²) >= 11 is 11.9. The average molecular weight is 341 g/mol. The van der Waals surface area contributed by atoms with Crippen LogP contribution in [-0.4, -0.2) is 30.3 Å². The number of rotatable bonds is 6. The lowest BCUT2D eigenvalue weighted by Gasteiger charge is -2.17. The Morgan fingerprint density at radius 1 is 1.41 bits per heavy atom. The number of allylic oxidation sites excluding steroid dienone is 1. The van der Waals surface area contributed by atoms with E-state index < -0.39 is 4.33 Å². The van der Waals surface area contributed by atoms with Crippen LogP contribution in [0.15, 0.2) is 36.4 Å². The lowest BCUT2D eigenvalue weighted by Crippen LogP contribution is -2.19. The quantitative estimate of drug-likeness (QED) is 0.459. The van der Waals surface area contributed by atoms with Crippen molar-refractivity contribution in [1.29, 1.82) is 0 Å². The predicted octanol–water partition coefficient (Wildman–Crippen LogP) is 2.72. The Kier molecular flexibility index (Phi) is 4.83. The highest BCUT2D eigenvalue weighted by Gasteiger charge is 2.29. The van der Waals surface area contributed by atoms with Crippen molar-refractivity contribution in [2.75, 3.05) is 0 Å². The molecule has 0 amide bonds. The minimum absolute atomic E-state index is 0.0761. The van der Waals surface area contributed by atoms with Crippen molar-refractivity contribution in [3.05, 3.63) is 47.8 Å². The van der Waals surface area contributed by atoms with Gasteiger partial charge in [0.15, 0.2) is 11.6 Å². The summed E-state index contributed by atoms with van der Waals surface area (Å²) in [6, 6.07) is 6.77. The van der Waals surface area contributed by atoms with Crippen LogP contribution in [0.2, 0.25) is 0 Å². The van der Waals surface area contributed by atoms with Crippen LogP contribution in [0.25, 0.3) is 0 Å². The number of ether oxygens (including phenoxy) is 1. The standard InChI is InChI=1S/C14H14Cl2N4O2/c1-9(14(2,15)16)13(21)10-6-4-5-7-11(10)22-8-12-17-18-19-20(12)3/h4-7H,1,8H2,2-3H3. The van der Waals surface area contributed by atoms with E-state index in [0.717, 1.165) is 0 Å². The van der Waals surface area contributed by atoms with Gasteiger partial charge in [-0.1, -0.05) is 41.9 Å². The minimum Gasteiger partial charge on any atom is -0.485 e. The molecule has 0 saturated heterocycles. The molecule has 1 aromatic carbocycles. The molecule has 0 radical (unpaired) electrons. The summed E-state index contributed by atoms with van der Waals surface area (Å²) in [4.78, 5) is 12.4. The summed E-state index contributed by atoms with van der Waals surface area (Å²) in [6.45, 7) is 5.28. The predicted molar refractivity (Wildman–Crippen MR) is 83.2 cm³/mol. The van der Waals surface area contributed by atoms with Crippen molar-refractivity contribution < 1.29 is 9.53 Å². The summed E-state index contributed by atoms with van der Waals surface area (Å²) in [5.41, 5.74) is 0.405. The lowest BCUT2D eigenvalue weighted by atomic mass is 10.0. The number of Topliss-reactive ketones (excluding diaryl/α,β-unsaturated/α-hetero) is 1. The number of para-hydroxylation sites is 1. The van der Waals surface area contributed by atoms with Gasteiger partial charge in [-0.05, 0) is 29.5 Å². The normalized spacial score (nSPS) is 11.3. The van der Waals surface area contributed by atoms with Crippen LogP contribution in [0.3, 0.4) is 0 Å². The van der Waals surface area contributed by atoms with Crippen molar-refractivity contribution in [2.45, 2.75) is 17.9 Å². The van der Waals surface area contributed by atoms with Crippen LogP contribution < -0.4 is 4.74 Å². The average Bonchev–Trinajstić information content (AvgIpc) is 2.88. The second-order valence-electron chi connectivity index (χ2n) is 4.70. The highest BCUT2D eigenvalue weighted by Crippen LogP contribution is 2.32. The van der Waals surface area contributed by atoms with E-state index in [1.165, 1.54) is 11.6 Å². The number of carbonyl (C=O) groups is 1. The van der Waals surface area contributed by atoms with Crippen molar-refractivity contribution in [1.82, 2.24) is 20.2 Å². The Labute approximate surface area is 137 Å². The van der Waals surface area contributed by atoms with Gasteiger partial charge in [-0.3, -0.25) is 4.79 Å². The molecule has 0 unspecified atom stereocenters. The number of aryl methyl sites for hydroxylation is 1. The first-order valence-corrected chi connectivity index (χ1v) is 7.11. The molecule has 0 aliphatic carbocycles. The third-order valence-corrected chi connectivity index (χ3v) is 3.46. The lowest BCUT2D eigenvalue weighted by molar-refractivity contribution is 0.102. The Balaban J connectivity index is 2.22. The first-order chi connectivity index (χ1) is 10.3. The second kappa shape index (κ2) is 6.46. The third-order valence-electron chi connectivity index (χ3n) is 3.00. The number of ketones is 1. The number of hydrogen-bond donors (Lipinski definition) is 0. The maximum Gasteiger partial charge on any atom is 0.195 e. The number of nitrogens with zero attached hydrogens (tertiary/aromatic N) is 4. The Bertz CT molecular complexity index is 707. The third kappa shape index (κ3) is 3.64. The molecule has 0 spiro atoms. The van der Waals surface area contributed by atoms with Gasteiger partial charge in [0, 0.05) is 12.6 Å². The molecule has 1 aromatic heterocycles. The molecule has 0 N–H and O–H groups in total. The molecule has 0 aliphatic rings. The van der Waals surface area contributed by atoms with E-state index >= 15 is 0 Å². The van der Waals surface area contributed by atoms with Crippen molar-refractivity contribution in [3.63, 3.8) is 0 Å². The van der Waals surface area contributed by atoms with Crippen molar-refractivity contribution in [2.24, 2.45) is 7.05 Å². The maximum atomic E-state index is 12.4. The van der Waals surface area contributed by atoms with Gasteiger partial charge < -0.3 is 4.74 Å². The minimum atomic E-state index is -1.35. The number of halogens is 2.